The number of aromatic nitrogens is 1. The molecule has 0 fully saturated rings. The molecule has 2 heteroatoms. The smallest absolute Gasteiger partial charge is 0.0626 e. The molecule has 194 valence electrons. The molecular weight excluding hydrogens is 515 g/mol. The van der Waals surface area contributed by atoms with Gasteiger partial charge in [-0.3, -0.25) is 0 Å². The van der Waals surface area contributed by atoms with E-state index in [1.807, 2.05) is 0 Å². The van der Waals surface area contributed by atoms with Crippen LogP contribution in [0.15, 0.2) is 120 Å². The van der Waals surface area contributed by atoms with Crippen LogP contribution in [0.5, 0.6) is 0 Å². The monoisotopic (exact) mass is 541 g/mol. The largest absolute Gasteiger partial charge is 0.308 e. The maximum Gasteiger partial charge on any atom is 0.0626 e. The highest BCUT2D eigenvalue weighted by molar-refractivity contribution is 7.99. The van der Waals surface area contributed by atoms with Crippen LogP contribution in [0.2, 0.25) is 0 Å². The van der Waals surface area contributed by atoms with E-state index in [-0.39, 0.29) is 0 Å². The number of para-hydroxylation sites is 2. The zero-order chi connectivity index (χ0) is 26.7. The predicted octanol–water partition coefficient (Wildman–Crippen LogP) is 11.2. The molecule has 1 aliphatic heterocycles. The Balaban J connectivity index is 1.37. The highest BCUT2D eigenvalue weighted by Gasteiger charge is 2.34. The van der Waals surface area contributed by atoms with Crippen LogP contribution >= 0.6 is 11.8 Å². The van der Waals surface area contributed by atoms with E-state index in [4.69, 9.17) is 0 Å². The molecule has 1 atom stereocenters. The van der Waals surface area contributed by atoms with Crippen molar-refractivity contribution in [2.75, 3.05) is 0 Å². The molecule has 0 N–H and O–H groups in total. The fourth-order valence-electron chi connectivity index (χ4n) is 8.15. The lowest BCUT2D eigenvalue weighted by Crippen LogP contribution is -2.07. The normalized spacial score (nSPS) is 17.8. The molecule has 5 aromatic carbocycles. The SMILES string of the molecule is C1=CC2=C(CC1)c1ccc(-c3ccc4c5ccccc5n5c6ccccc6c3c45)c3c1C(CC2)Sc1ccccc1-3. The molecule has 7 aromatic rings. The van der Waals surface area contributed by atoms with Gasteiger partial charge in [0.2, 0.25) is 0 Å². The van der Waals surface area contributed by atoms with Gasteiger partial charge in [-0.05, 0) is 88.4 Å². The second-order valence-electron chi connectivity index (χ2n) is 11.8. The molecule has 2 aromatic heterocycles. The summed E-state index contributed by atoms with van der Waals surface area (Å²) in [5.74, 6) is 0. The summed E-state index contributed by atoms with van der Waals surface area (Å²) in [6.45, 7) is 0. The fraction of sp³-hybridized carbons (Fsp3) is 0.128. The fourth-order valence-corrected chi connectivity index (χ4v) is 9.51. The van der Waals surface area contributed by atoms with E-state index in [2.05, 4.69) is 125 Å². The quantitative estimate of drug-likeness (QED) is 0.200. The second-order valence-corrected chi connectivity index (χ2v) is 13.0. The summed E-state index contributed by atoms with van der Waals surface area (Å²) in [6, 6.07) is 36.7. The van der Waals surface area contributed by atoms with Crippen LogP contribution in [0.4, 0.5) is 0 Å². The van der Waals surface area contributed by atoms with Gasteiger partial charge in [-0.2, -0.15) is 0 Å². The summed E-state index contributed by atoms with van der Waals surface area (Å²) in [7, 11) is 0. The summed E-state index contributed by atoms with van der Waals surface area (Å²) in [5.41, 5.74) is 15.8. The number of thioether (sulfide) groups is 1. The molecule has 0 bridgehead atoms. The Labute approximate surface area is 243 Å². The predicted molar refractivity (Wildman–Crippen MR) is 175 cm³/mol. The lowest BCUT2D eigenvalue weighted by Gasteiger charge is -2.31. The summed E-state index contributed by atoms with van der Waals surface area (Å²) in [4.78, 5) is 1.42. The van der Waals surface area contributed by atoms with Gasteiger partial charge < -0.3 is 4.40 Å². The average Bonchev–Trinajstić information content (AvgIpc) is 3.50. The third-order valence-corrected chi connectivity index (χ3v) is 11.2. The standard InChI is InChI=1S/C39H27NS/c1-2-10-24-23(9-1)17-22-35-38-26(24)18-19-27(36(38)31-13-5-8-16-34(31)41-35)28-20-21-29-25-11-3-6-14-32(25)40-33-15-7-4-12-30(33)37(28)39(29)40/h1,3-9,11-16,18-21,35H,2,10,17,22H2. The number of fused-ring (bicyclic) bond motifs is 9. The zero-order valence-corrected chi connectivity index (χ0v) is 23.5. The summed E-state index contributed by atoms with van der Waals surface area (Å²) in [6.07, 6.45) is 9.45. The highest BCUT2D eigenvalue weighted by Crippen LogP contribution is 2.58. The van der Waals surface area contributed by atoms with Gasteiger partial charge in [-0.1, -0.05) is 91.0 Å². The Bertz CT molecular complexity index is 2300. The van der Waals surface area contributed by atoms with Gasteiger partial charge in [0.15, 0.2) is 0 Å². The number of rotatable bonds is 1. The van der Waals surface area contributed by atoms with Gasteiger partial charge in [0.05, 0.1) is 16.6 Å². The summed E-state index contributed by atoms with van der Waals surface area (Å²) >= 11 is 2.09. The molecule has 0 radical (unpaired) electrons. The van der Waals surface area contributed by atoms with Crippen LogP contribution in [0.1, 0.15) is 42.1 Å². The number of nitrogens with zero attached hydrogens (tertiary/aromatic N) is 1. The zero-order valence-electron chi connectivity index (χ0n) is 22.7. The van der Waals surface area contributed by atoms with Crippen LogP contribution < -0.4 is 0 Å². The molecular formula is C39H27NS. The first kappa shape index (κ1) is 22.4. The molecule has 0 spiro atoms. The minimum absolute atomic E-state index is 0.477. The summed E-state index contributed by atoms with van der Waals surface area (Å²) < 4.78 is 2.51. The topological polar surface area (TPSA) is 4.41 Å². The lowest BCUT2D eigenvalue weighted by atomic mass is 9.81. The van der Waals surface area contributed by atoms with Gasteiger partial charge in [-0.25, -0.2) is 0 Å². The van der Waals surface area contributed by atoms with E-state index in [0.29, 0.717) is 5.25 Å². The molecule has 3 aliphatic rings. The number of hydrogen-bond donors (Lipinski definition) is 0. The molecule has 0 saturated heterocycles. The Morgan fingerprint density at radius 2 is 1.39 bits per heavy atom. The van der Waals surface area contributed by atoms with Crippen LogP contribution in [0.3, 0.4) is 0 Å². The van der Waals surface area contributed by atoms with Crippen molar-refractivity contribution in [1.82, 2.24) is 4.40 Å². The van der Waals surface area contributed by atoms with E-state index in [9.17, 15) is 0 Å². The van der Waals surface area contributed by atoms with Crippen LogP contribution in [-0.4, -0.2) is 4.40 Å². The van der Waals surface area contributed by atoms with Gasteiger partial charge in [-0.15, -0.1) is 11.8 Å². The molecule has 10 rings (SSSR count). The summed E-state index contributed by atoms with van der Waals surface area (Å²) in [5, 5.41) is 5.88. The van der Waals surface area contributed by atoms with Crippen molar-refractivity contribution in [3.8, 4) is 22.3 Å². The maximum atomic E-state index is 2.51. The van der Waals surface area contributed by atoms with Gasteiger partial charge >= 0.3 is 0 Å². The van der Waals surface area contributed by atoms with Crippen molar-refractivity contribution in [2.45, 2.75) is 35.8 Å². The number of hydrogen-bond acceptors (Lipinski definition) is 1. The van der Waals surface area contributed by atoms with E-state index in [1.165, 1.54) is 83.6 Å². The highest BCUT2D eigenvalue weighted by atomic mass is 32.2. The van der Waals surface area contributed by atoms with Crippen LogP contribution in [-0.2, 0) is 0 Å². The average molecular weight is 542 g/mol. The van der Waals surface area contributed by atoms with Crippen molar-refractivity contribution in [2.24, 2.45) is 0 Å². The van der Waals surface area contributed by atoms with Gasteiger partial charge in [0.25, 0.3) is 0 Å². The lowest BCUT2D eigenvalue weighted by molar-refractivity contribution is 0.810. The molecule has 2 aliphatic carbocycles. The van der Waals surface area contributed by atoms with Crippen molar-refractivity contribution in [3.63, 3.8) is 0 Å². The third-order valence-electron chi connectivity index (χ3n) is 9.80. The van der Waals surface area contributed by atoms with E-state index >= 15 is 0 Å². The van der Waals surface area contributed by atoms with E-state index in [0.717, 1.165) is 12.8 Å². The van der Waals surface area contributed by atoms with Gasteiger partial charge in [0, 0.05) is 31.7 Å². The second kappa shape index (κ2) is 8.15. The van der Waals surface area contributed by atoms with Crippen molar-refractivity contribution in [1.29, 1.82) is 0 Å². The number of allylic oxidation sites excluding steroid dienone is 4. The molecule has 0 saturated carbocycles. The third kappa shape index (κ3) is 2.88. The van der Waals surface area contributed by atoms with Crippen molar-refractivity contribution in [3.05, 3.63) is 126 Å². The Hall–Kier alpha value is -4.27. The van der Waals surface area contributed by atoms with Crippen LogP contribution in [0.25, 0.3) is 65.9 Å². The Kier molecular flexibility index (Phi) is 4.46. The molecule has 1 nitrogen and oxygen atoms in total. The van der Waals surface area contributed by atoms with Crippen LogP contribution in [0, 0.1) is 0 Å². The molecule has 41 heavy (non-hydrogen) atoms. The van der Waals surface area contributed by atoms with E-state index in [1.54, 1.807) is 16.7 Å². The minimum atomic E-state index is 0.477. The first-order chi connectivity index (χ1) is 20.4. The first-order valence-corrected chi connectivity index (χ1v) is 15.7. The molecule has 0 amide bonds. The molecule has 3 heterocycles. The first-order valence-electron chi connectivity index (χ1n) is 14.8. The Morgan fingerprint density at radius 1 is 0.634 bits per heavy atom. The van der Waals surface area contributed by atoms with Gasteiger partial charge in [0.1, 0.15) is 0 Å². The molecule has 1 unspecified atom stereocenters. The minimum Gasteiger partial charge on any atom is -0.308 e. The Morgan fingerprint density at radius 3 is 2.32 bits per heavy atom. The van der Waals surface area contributed by atoms with E-state index < -0.39 is 0 Å². The number of benzene rings is 5. The van der Waals surface area contributed by atoms with Crippen molar-refractivity contribution >= 4 is 55.4 Å². The van der Waals surface area contributed by atoms with Crippen molar-refractivity contribution < 1.29 is 0 Å². The maximum absolute atomic E-state index is 2.51.